The zero-order valence-corrected chi connectivity index (χ0v) is 10.0. The molecule has 1 aromatic carbocycles. The molecule has 4 N–H and O–H groups in total. The van der Waals surface area contributed by atoms with Crippen LogP contribution in [0.5, 0.6) is 0 Å². The highest BCUT2D eigenvalue weighted by atomic mass is 32.2. The van der Waals surface area contributed by atoms with Gasteiger partial charge in [-0.1, -0.05) is 6.07 Å². The Labute approximate surface area is 99.2 Å². The zero-order chi connectivity index (χ0) is 12.6. The van der Waals surface area contributed by atoms with E-state index in [4.69, 9.17) is 5.73 Å². The Balaban J connectivity index is 2.45. The topological polar surface area (TPSA) is 101 Å². The first-order valence-corrected chi connectivity index (χ1v) is 6.53. The number of carbonyl (C=O) groups excluding carboxylic acids is 1. The van der Waals surface area contributed by atoms with Gasteiger partial charge in [0.1, 0.15) is 6.04 Å². The molecule has 1 aliphatic rings. The van der Waals surface area contributed by atoms with Crippen LogP contribution in [-0.4, -0.2) is 21.4 Å². The molecule has 1 atom stereocenters. The molecule has 0 fully saturated rings. The van der Waals surface area contributed by atoms with E-state index < -0.39 is 22.0 Å². The number of primary amides is 1. The zero-order valence-electron chi connectivity index (χ0n) is 9.23. The SMILES string of the molecule is CNS(=O)(=O)c1ccc2c(c1)CNC2C(N)=O. The highest BCUT2D eigenvalue weighted by Gasteiger charge is 2.27. The second kappa shape index (κ2) is 4.10. The number of fused-ring (bicyclic) bond motifs is 1. The molecule has 2 rings (SSSR count). The molecular formula is C10H13N3O3S. The van der Waals surface area contributed by atoms with E-state index in [0.29, 0.717) is 6.54 Å². The third-order valence-electron chi connectivity index (χ3n) is 2.79. The van der Waals surface area contributed by atoms with E-state index in [9.17, 15) is 13.2 Å². The fourth-order valence-corrected chi connectivity index (χ4v) is 2.66. The van der Waals surface area contributed by atoms with Gasteiger partial charge in [0, 0.05) is 6.54 Å². The minimum atomic E-state index is -3.45. The second-order valence-electron chi connectivity index (χ2n) is 3.78. The van der Waals surface area contributed by atoms with Gasteiger partial charge in [-0.2, -0.15) is 0 Å². The number of rotatable bonds is 3. The van der Waals surface area contributed by atoms with Crippen LogP contribution in [0.25, 0.3) is 0 Å². The summed E-state index contributed by atoms with van der Waals surface area (Å²) in [6.07, 6.45) is 0. The predicted octanol–water partition coefficient (Wildman–Crippen LogP) is -0.776. The molecule has 0 bridgehead atoms. The average Bonchev–Trinajstić information content (AvgIpc) is 2.71. The number of nitrogens with two attached hydrogens (primary N) is 1. The summed E-state index contributed by atoms with van der Waals surface area (Å²) < 4.78 is 25.4. The second-order valence-corrected chi connectivity index (χ2v) is 5.67. The summed E-state index contributed by atoms with van der Waals surface area (Å²) in [4.78, 5) is 11.3. The predicted molar refractivity (Wildman–Crippen MR) is 61.5 cm³/mol. The van der Waals surface area contributed by atoms with Crippen LogP contribution in [0.4, 0.5) is 0 Å². The molecule has 0 radical (unpaired) electrons. The highest BCUT2D eigenvalue weighted by molar-refractivity contribution is 7.89. The molecule has 0 saturated carbocycles. The molecule has 0 aliphatic carbocycles. The Morgan fingerprint density at radius 3 is 2.82 bits per heavy atom. The maximum Gasteiger partial charge on any atom is 0.240 e. The van der Waals surface area contributed by atoms with Crippen molar-refractivity contribution in [1.29, 1.82) is 0 Å². The van der Waals surface area contributed by atoms with Crippen LogP contribution in [0.15, 0.2) is 23.1 Å². The maximum atomic E-state index is 11.6. The highest BCUT2D eigenvalue weighted by Crippen LogP contribution is 2.27. The van der Waals surface area contributed by atoms with Crippen molar-refractivity contribution in [1.82, 2.24) is 10.0 Å². The van der Waals surface area contributed by atoms with Crippen LogP contribution in [0.3, 0.4) is 0 Å². The van der Waals surface area contributed by atoms with Crippen molar-refractivity contribution in [2.45, 2.75) is 17.5 Å². The Kier molecular flexibility index (Phi) is 2.90. The van der Waals surface area contributed by atoms with Gasteiger partial charge in [0.15, 0.2) is 0 Å². The lowest BCUT2D eigenvalue weighted by atomic mass is 10.1. The molecule has 1 unspecified atom stereocenters. The monoisotopic (exact) mass is 255 g/mol. The van der Waals surface area contributed by atoms with Crippen molar-refractivity contribution in [3.63, 3.8) is 0 Å². The molecule has 1 heterocycles. The summed E-state index contributed by atoms with van der Waals surface area (Å²) in [5.41, 5.74) is 6.76. The fraction of sp³-hybridized carbons (Fsp3) is 0.300. The van der Waals surface area contributed by atoms with Crippen LogP contribution in [0.2, 0.25) is 0 Å². The Bertz CT molecular complexity index is 568. The normalized spacial score (nSPS) is 19.0. The van der Waals surface area contributed by atoms with Crippen molar-refractivity contribution < 1.29 is 13.2 Å². The largest absolute Gasteiger partial charge is 0.368 e. The first-order chi connectivity index (χ1) is 7.95. The number of carbonyl (C=O) groups is 1. The van der Waals surface area contributed by atoms with E-state index in [1.54, 1.807) is 12.1 Å². The number of hydrogen-bond donors (Lipinski definition) is 3. The minimum absolute atomic E-state index is 0.186. The van der Waals surface area contributed by atoms with Gasteiger partial charge in [-0.15, -0.1) is 0 Å². The van der Waals surface area contributed by atoms with Gasteiger partial charge in [-0.05, 0) is 30.3 Å². The molecule has 17 heavy (non-hydrogen) atoms. The van der Waals surface area contributed by atoms with Gasteiger partial charge in [0.05, 0.1) is 4.90 Å². The van der Waals surface area contributed by atoms with E-state index in [2.05, 4.69) is 10.0 Å². The standard InChI is InChI=1S/C10H13N3O3S/c1-12-17(15,16)7-2-3-8-6(4-7)5-13-9(8)10(11)14/h2-4,9,12-13H,5H2,1H3,(H2,11,14). The van der Waals surface area contributed by atoms with E-state index >= 15 is 0 Å². The number of nitrogens with one attached hydrogen (secondary N) is 2. The third kappa shape index (κ3) is 2.04. The molecule has 6 nitrogen and oxygen atoms in total. The minimum Gasteiger partial charge on any atom is -0.368 e. The maximum absolute atomic E-state index is 11.6. The van der Waals surface area contributed by atoms with Crippen LogP contribution in [-0.2, 0) is 21.4 Å². The lowest BCUT2D eigenvalue weighted by Gasteiger charge is -2.08. The Hall–Kier alpha value is -1.44. The summed E-state index contributed by atoms with van der Waals surface area (Å²) in [7, 11) is -2.10. The van der Waals surface area contributed by atoms with Gasteiger partial charge in [-0.25, -0.2) is 13.1 Å². The van der Waals surface area contributed by atoms with Gasteiger partial charge in [-0.3, -0.25) is 10.1 Å². The Morgan fingerprint density at radius 1 is 1.53 bits per heavy atom. The summed E-state index contributed by atoms with van der Waals surface area (Å²) in [5.74, 6) is -0.465. The molecule has 92 valence electrons. The summed E-state index contributed by atoms with van der Waals surface area (Å²) >= 11 is 0. The molecule has 0 spiro atoms. The number of sulfonamides is 1. The first-order valence-electron chi connectivity index (χ1n) is 5.05. The molecule has 1 amide bonds. The molecule has 0 aromatic heterocycles. The van der Waals surface area contributed by atoms with Gasteiger partial charge in [0.2, 0.25) is 15.9 Å². The van der Waals surface area contributed by atoms with Crippen LogP contribution >= 0.6 is 0 Å². The molecule has 0 saturated heterocycles. The van der Waals surface area contributed by atoms with Gasteiger partial charge < -0.3 is 5.73 Å². The van der Waals surface area contributed by atoms with E-state index in [1.807, 2.05) is 0 Å². The van der Waals surface area contributed by atoms with Crippen molar-refractivity contribution in [3.05, 3.63) is 29.3 Å². The van der Waals surface area contributed by atoms with Crippen LogP contribution in [0, 0.1) is 0 Å². The van der Waals surface area contributed by atoms with Gasteiger partial charge in [0.25, 0.3) is 0 Å². The molecule has 1 aliphatic heterocycles. The van der Waals surface area contributed by atoms with Crippen LogP contribution in [0.1, 0.15) is 17.2 Å². The van der Waals surface area contributed by atoms with Crippen molar-refractivity contribution in [2.75, 3.05) is 7.05 Å². The molecule has 7 heteroatoms. The van der Waals surface area contributed by atoms with Crippen molar-refractivity contribution in [2.24, 2.45) is 5.73 Å². The fourth-order valence-electron chi connectivity index (χ4n) is 1.88. The van der Waals surface area contributed by atoms with Crippen molar-refractivity contribution in [3.8, 4) is 0 Å². The van der Waals surface area contributed by atoms with E-state index in [-0.39, 0.29) is 4.90 Å². The average molecular weight is 255 g/mol. The molecule has 1 aromatic rings. The summed E-state index contributed by atoms with van der Waals surface area (Å²) in [6.45, 7) is 0.440. The number of benzene rings is 1. The van der Waals surface area contributed by atoms with E-state index in [1.165, 1.54) is 13.1 Å². The Morgan fingerprint density at radius 2 is 2.24 bits per heavy atom. The molecular weight excluding hydrogens is 242 g/mol. The van der Waals surface area contributed by atoms with Crippen LogP contribution < -0.4 is 15.8 Å². The first kappa shape index (κ1) is 12.0. The van der Waals surface area contributed by atoms with Gasteiger partial charge >= 0.3 is 0 Å². The summed E-state index contributed by atoms with van der Waals surface area (Å²) in [5, 5.41) is 2.93. The van der Waals surface area contributed by atoms with E-state index in [0.717, 1.165) is 11.1 Å². The lowest BCUT2D eigenvalue weighted by Crippen LogP contribution is -2.28. The lowest BCUT2D eigenvalue weighted by molar-refractivity contribution is -0.119. The number of amides is 1. The smallest absolute Gasteiger partial charge is 0.240 e. The van der Waals surface area contributed by atoms with Crippen molar-refractivity contribution >= 4 is 15.9 Å². The summed E-state index contributed by atoms with van der Waals surface area (Å²) in [6, 6.07) is 4.11. The number of hydrogen-bond acceptors (Lipinski definition) is 4. The third-order valence-corrected chi connectivity index (χ3v) is 4.20. The quantitative estimate of drug-likeness (QED) is 0.659.